The molecule has 12 aromatic heterocycles. The lowest BCUT2D eigenvalue weighted by atomic mass is 10.0. The normalized spacial score (nSPS) is 12.5. The van der Waals surface area contributed by atoms with E-state index in [4.69, 9.17) is 8.83 Å². The monoisotopic (exact) mass is 1920 g/mol. The van der Waals surface area contributed by atoms with Crippen LogP contribution in [0.2, 0.25) is 0 Å². The van der Waals surface area contributed by atoms with Gasteiger partial charge in [-0.1, -0.05) is 291 Å². The first-order valence-electron chi connectivity index (χ1n) is 50.8. The molecule has 0 spiro atoms. The summed E-state index contributed by atoms with van der Waals surface area (Å²) in [4.78, 5) is 9.75. The van der Waals surface area contributed by atoms with Crippen molar-refractivity contribution in [3.8, 4) is 0 Å². The summed E-state index contributed by atoms with van der Waals surface area (Å²) in [5.41, 5.74) is 36.2. The zero-order valence-corrected chi connectivity index (χ0v) is 82.4. The summed E-state index contributed by atoms with van der Waals surface area (Å²) in [6.07, 6.45) is 0. The highest BCUT2D eigenvalue weighted by Crippen LogP contribution is 2.57. The molecule has 692 valence electrons. The van der Waals surface area contributed by atoms with E-state index in [1.54, 1.807) is 0 Å². The van der Waals surface area contributed by atoms with Gasteiger partial charge in [-0.3, -0.25) is 0 Å². The molecule has 34 aromatic rings. The summed E-state index contributed by atoms with van der Waals surface area (Å²) < 4.78 is 29.0. The zero-order valence-electron chi connectivity index (χ0n) is 80.8. The third-order valence-electron chi connectivity index (χ3n) is 32.4. The molecule has 12 heterocycles. The van der Waals surface area contributed by atoms with E-state index in [1.807, 2.05) is 22.7 Å². The van der Waals surface area contributed by atoms with Gasteiger partial charge in [-0.2, -0.15) is 0 Å². The van der Waals surface area contributed by atoms with Crippen LogP contribution in [0, 0.1) is 27.7 Å². The van der Waals surface area contributed by atoms with Crippen molar-refractivity contribution < 1.29 is 8.83 Å². The molecule has 0 aliphatic rings. The van der Waals surface area contributed by atoms with Crippen LogP contribution in [0.1, 0.15) is 22.3 Å². The topological polar surface area (TPSA) is 56.9 Å². The summed E-state index contributed by atoms with van der Waals surface area (Å²) in [5.74, 6) is 0. The number of rotatable bonds is 12. The molecular formula is C136H84N8O2S2. The van der Waals surface area contributed by atoms with Crippen LogP contribution in [0.3, 0.4) is 0 Å². The van der Waals surface area contributed by atoms with Gasteiger partial charge in [0.15, 0.2) is 11.2 Å². The van der Waals surface area contributed by atoms with Crippen molar-refractivity contribution in [1.29, 1.82) is 0 Å². The summed E-state index contributed by atoms with van der Waals surface area (Å²) in [7, 11) is 0. The summed E-state index contributed by atoms with van der Waals surface area (Å²) >= 11 is 3.75. The van der Waals surface area contributed by atoms with Crippen LogP contribution in [0.4, 0.5) is 68.2 Å². The Morgan fingerprint density at radius 1 is 0.176 bits per heavy atom. The molecule has 0 saturated heterocycles. The van der Waals surface area contributed by atoms with Gasteiger partial charge in [0.1, 0.15) is 11.2 Å². The number of fused-ring (bicyclic) bond motifs is 36. The van der Waals surface area contributed by atoms with Crippen molar-refractivity contribution in [2.75, 3.05) is 19.6 Å². The van der Waals surface area contributed by atoms with Crippen LogP contribution in [0.5, 0.6) is 0 Å². The summed E-state index contributed by atoms with van der Waals surface area (Å²) in [6.45, 7) is 8.80. The minimum Gasteiger partial charge on any atom is -0.454 e. The van der Waals surface area contributed by atoms with E-state index in [9.17, 15) is 0 Å². The van der Waals surface area contributed by atoms with E-state index in [-0.39, 0.29) is 0 Å². The van der Waals surface area contributed by atoms with E-state index in [1.165, 1.54) is 215 Å². The van der Waals surface area contributed by atoms with Crippen LogP contribution in [0.25, 0.3) is 237 Å². The fraction of sp³-hybridized carbons (Fsp3) is 0.0294. The number of furan rings is 2. The lowest BCUT2D eigenvalue weighted by Gasteiger charge is -2.28. The van der Waals surface area contributed by atoms with Gasteiger partial charge in [-0.05, 0) is 196 Å². The van der Waals surface area contributed by atoms with Crippen molar-refractivity contribution >= 4 is 328 Å². The maximum Gasteiger partial charge on any atom is 0.159 e. The predicted octanol–water partition coefficient (Wildman–Crippen LogP) is 39.6. The Morgan fingerprint density at radius 2 is 0.439 bits per heavy atom. The van der Waals surface area contributed by atoms with Gasteiger partial charge in [-0.25, -0.2) is 0 Å². The number of aryl methyl sites for hydroxylation is 4. The minimum absolute atomic E-state index is 0.886. The Kier molecular flexibility index (Phi) is 16.8. The van der Waals surface area contributed by atoms with Crippen molar-refractivity contribution in [1.82, 2.24) is 17.6 Å². The molecular weight excluding hydrogens is 1840 g/mol. The predicted molar refractivity (Wildman–Crippen MR) is 630 cm³/mol. The second-order valence-electron chi connectivity index (χ2n) is 40.2. The van der Waals surface area contributed by atoms with Crippen molar-refractivity contribution in [2.45, 2.75) is 27.7 Å². The molecule has 0 aliphatic heterocycles. The largest absolute Gasteiger partial charge is 0.454 e. The van der Waals surface area contributed by atoms with Crippen LogP contribution in [0.15, 0.2) is 446 Å². The maximum atomic E-state index is 6.82. The fourth-order valence-corrected chi connectivity index (χ4v) is 28.3. The molecule has 148 heavy (non-hydrogen) atoms. The number of para-hydroxylation sites is 10. The molecule has 12 heteroatoms. The summed E-state index contributed by atoms with van der Waals surface area (Å²) in [6, 6.07) is 161. The molecule has 0 bridgehead atoms. The quantitative estimate of drug-likeness (QED) is 0.121. The smallest absolute Gasteiger partial charge is 0.159 e. The number of hydrogen-bond acceptors (Lipinski definition) is 8. The number of anilines is 12. The van der Waals surface area contributed by atoms with Gasteiger partial charge < -0.3 is 46.0 Å². The lowest BCUT2D eigenvalue weighted by molar-refractivity contribution is 0.668. The molecule has 0 unspecified atom stereocenters. The third kappa shape index (κ3) is 11.2. The van der Waals surface area contributed by atoms with Crippen molar-refractivity contribution in [2.24, 2.45) is 0 Å². The molecule has 0 fully saturated rings. The first-order valence-corrected chi connectivity index (χ1v) is 52.5. The van der Waals surface area contributed by atoms with Crippen molar-refractivity contribution in [3.63, 3.8) is 0 Å². The van der Waals surface area contributed by atoms with Crippen LogP contribution >= 0.6 is 22.7 Å². The molecule has 0 aliphatic carbocycles. The second-order valence-corrected chi connectivity index (χ2v) is 42.3. The molecule has 22 aromatic carbocycles. The Bertz CT molecular complexity index is 11000. The number of benzene rings is 22. The average Bonchev–Trinajstić information content (AvgIpc) is 1.52. The zero-order chi connectivity index (χ0) is 97.0. The summed E-state index contributed by atoms with van der Waals surface area (Å²) in [5, 5.41) is 29.7. The maximum absolute atomic E-state index is 6.82. The van der Waals surface area contributed by atoms with Gasteiger partial charge in [-0.15, -0.1) is 22.7 Å². The van der Waals surface area contributed by atoms with Gasteiger partial charge in [0.25, 0.3) is 0 Å². The van der Waals surface area contributed by atoms with E-state index in [0.29, 0.717) is 0 Å². The highest BCUT2D eigenvalue weighted by atomic mass is 32.1. The highest BCUT2D eigenvalue weighted by molar-refractivity contribution is 7.27. The standard InChI is InChI=1S/C70H46N4O2.C66H38N4S2/c1-39-15-5-9-23-57(39)71(65-41(3)27-31-53-47-17-7-11-25-63(47)75-69(53)65)43-29-33-45-49-19-13-21-51-55-38-62-56(37-61(55)73(67(49)51)59(45)35-43)52-22-14-20-50-46-34-30-44(36-60(46)74(62)68(50)52)72(58-24-10-6-16-40(58)2)66-42(4)28-32-54-48-18-8-12-26-64(48)76-70(54)66;1-3-15-39(16-4-1)67(55-27-13-25-51-45-19-7-9-29-61(45)71-65(51)55)41-31-33-43-47-21-11-23-49-53-38-60-54(37-59(53)69(63(47)49)57(43)35-41)50-24-12-22-48-44-34-32-42(36-58(44)70(60)64(48)50)68(40-17-5-2-6-18-40)56-28-14-26-52-46-20-8-10-30-62(46)72-66(52)56/h5-38H,1-4H3;1-38H. The number of thiophene rings is 2. The van der Waals surface area contributed by atoms with E-state index < -0.39 is 0 Å². The van der Waals surface area contributed by atoms with Crippen LogP contribution < -0.4 is 19.6 Å². The molecule has 0 saturated carbocycles. The van der Waals surface area contributed by atoms with E-state index in [0.717, 1.165) is 112 Å². The Labute approximate surface area is 853 Å². The number of hydrogen-bond donors (Lipinski definition) is 0. The Morgan fingerprint density at radius 3 is 0.791 bits per heavy atom. The fourth-order valence-electron chi connectivity index (χ4n) is 25.9. The average molecular weight is 1930 g/mol. The molecule has 0 amide bonds. The van der Waals surface area contributed by atoms with Gasteiger partial charge in [0.2, 0.25) is 0 Å². The third-order valence-corrected chi connectivity index (χ3v) is 34.8. The number of aromatic nitrogens is 4. The van der Waals surface area contributed by atoms with Crippen LogP contribution in [-0.2, 0) is 0 Å². The number of nitrogens with zero attached hydrogens (tertiary/aromatic N) is 8. The lowest BCUT2D eigenvalue weighted by Crippen LogP contribution is -2.13. The molecule has 34 rings (SSSR count). The SMILES string of the molecule is Cc1ccccc1N(c1ccc2c3cccc4c5cc6c(cc5n(c2c1)c34)c1cccc2c3ccc(N(c4ccccc4C)c4c(C)ccc5c4oc4ccccc45)cc3n6c21)c1c(C)ccc2c1oc1ccccc12.c1ccc(N(c2ccc3c4cccc5c6cc7c(cc6n(c3c2)c45)c2cccc3c4ccc(N(c5ccccc5)c5cccc6c5sc5ccccc56)cc4n7c32)c2cccc3c2sc2ccccc23)cc1. The molecule has 0 N–H and O–H groups in total. The van der Waals surface area contributed by atoms with Gasteiger partial charge in [0.05, 0.1) is 98.3 Å². The first-order chi connectivity index (χ1) is 73.1. The van der Waals surface area contributed by atoms with Gasteiger partial charge in [0, 0.05) is 184 Å². The molecule has 0 radical (unpaired) electrons. The Hall–Kier alpha value is -18.7. The molecule has 10 nitrogen and oxygen atoms in total. The van der Waals surface area contributed by atoms with Crippen LogP contribution in [-0.4, -0.2) is 17.6 Å². The minimum atomic E-state index is 0.886. The Balaban J connectivity index is 0.000000129. The molecule has 0 atom stereocenters. The first kappa shape index (κ1) is 81.8. The van der Waals surface area contributed by atoms with Crippen molar-refractivity contribution in [3.05, 3.63) is 459 Å². The highest BCUT2D eigenvalue weighted by Gasteiger charge is 2.33. The van der Waals surface area contributed by atoms with E-state index >= 15 is 0 Å². The van der Waals surface area contributed by atoms with Gasteiger partial charge >= 0.3 is 0 Å². The second kappa shape index (κ2) is 30.4. The van der Waals surface area contributed by atoms with E-state index in [2.05, 4.69) is 502 Å².